The molecule has 1 aliphatic rings. The lowest BCUT2D eigenvalue weighted by Gasteiger charge is -2.23. The fraction of sp³-hybridized carbons (Fsp3) is 1.00. The topological polar surface area (TPSA) is 18.5 Å². The van der Waals surface area contributed by atoms with Gasteiger partial charge in [-0.05, 0) is 12.8 Å². The zero-order chi connectivity index (χ0) is 8.97. The Morgan fingerprint density at radius 2 is 1.75 bits per heavy atom. The maximum Gasteiger partial charge on any atom is 0.159 e. The molecular weight excluding hydrogens is 152 g/mol. The Kier molecular flexibility index (Phi) is 4.02. The zero-order valence-electron chi connectivity index (χ0n) is 8.38. The van der Waals surface area contributed by atoms with Crippen molar-refractivity contribution in [2.24, 2.45) is 5.92 Å². The molecule has 0 amide bonds. The Balaban J connectivity index is 2.26. The molecule has 0 N–H and O–H groups in total. The van der Waals surface area contributed by atoms with Crippen LogP contribution in [0.3, 0.4) is 0 Å². The SMILES string of the molecule is COC(OC1CCCC1)C(C)C. The van der Waals surface area contributed by atoms with Gasteiger partial charge in [0.2, 0.25) is 0 Å². The van der Waals surface area contributed by atoms with Gasteiger partial charge < -0.3 is 9.47 Å². The molecule has 1 fully saturated rings. The maximum atomic E-state index is 5.80. The van der Waals surface area contributed by atoms with E-state index in [1.807, 2.05) is 0 Å². The first-order chi connectivity index (χ1) is 5.74. The summed E-state index contributed by atoms with van der Waals surface area (Å²) in [5, 5.41) is 0. The summed E-state index contributed by atoms with van der Waals surface area (Å²) in [6.07, 6.45) is 5.52. The van der Waals surface area contributed by atoms with Gasteiger partial charge in [0.1, 0.15) is 0 Å². The Labute approximate surface area is 75.2 Å². The van der Waals surface area contributed by atoms with Crippen LogP contribution in [-0.4, -0.2) is 19.5 Å². The second-order valence-electron chi connectivity index (χ2n) is 3.89. The number of ether oxygens (including phenoxy) is 2. The largest absolute Gasteiger partial charge is 0.356 e. The highest BCUT2D eigenvalue weighted by atomic mass is 16.7. The van der Waals surface area contributed by atoms with E-state index in [0.29, 0.717) is 12.0 Å². The average Bonchev–Trinajstić information content (AvgIpc) is 2.51. The third kappa shape index (κ3) is 2.76. The number of hydrogen-bond donors (Lipinski definition) is 0. The lowest BCUT2D eigenvalue weighted by Crippen LogP contribution is -2.26. The smallest absolute Gasteiger partial charge is 0.159 e. The van der Waals surface area contributed by atoms with E-state index in [0.717, 1.165) is 0 Å². The van der Waals surface area contributed by atoms with Crippen molar-refractivity contribution in [3.8, 4) is 0 Å². The minimum absolute atomic E-state index is 0.00639. The standard InChI is InChI=1S/C10H20O2/c1-8(2)10(11-3)12-9-6-4-5-7-9/h8-10H,4-7H2,1-3H3. The number of rotatable bonds is 4. The van der Waals surface area contributed by atoms with Crippen LogP contribution in [0.25, 0.3) is 0 Å². The van der Waals surface area contributed by atoms with Crippen LogP contribution >= 0.6 is 0 Å². The molecule has 1 atom stereocenters. The summed E-state index contributed by atoms with van der Waals surface area (Å²) >= 11 is 0. The van der Waals surface area contributed by atoms with Crippen molar-refractivity contribution in [2.75, 3.05) is 7.11 Å². The monoisotopic (exact) mass is 172 g/mol. The van der Waals surface area contributed by atoms with E-state index in [1.165, 1.54) is 25.7 Å². The minimum Gasteiger partial charge on any atom is -0.356 e. The van der Waals surface area contributed by atoms with Gasteiger partial charge in [-0.3, -0.25) is 0 Å². The van der Waals surface area contributed by atoms with E-state index < -0.39 is 0 Å². The molecule has 2 heteroatoms. The van der Waals surface area contributed by atoms with Crippen molar-refractivity contribution >= 4 is 0 Å². The Morgan fingerprint density at radius 3 is 2.17 bits per heavy atom. The van der Waals surface area contributed by atoms with Gasteiger partial charge in [-0.1, -0.05) is 26.7 Å². The summed E-state index contributed by atoms with van der Waals surface area (Å²) in [4.78, 5) is 0. The van der Waals surface area contributed by atoms with E-state index in [-0.39, 0.29) is 6.29 Å². The summed E-state index contributed by atoms with van der Waals surface area (Å²) in [5.41, 5.74) is 0. The summed E-state index contributed by atoms with van der Waals surface area (Å²) in [6, 6.07) is 0. The van der Waals surface area contributed by atoms with Crippen LogP contribution in [-0.2, 0) is 9.47 Å². The predicted molar refractivity (Wildman–Crippen MR) is 49.0 cm³/mol. The van der Waals surface area contributed by atoms with Gasteiger partial charge in [0.25, 0.3) is 0 Å². The van der Waals surface area contributed by atoms with Crippen LogP contribution in [0.4, 0.5) is 0 Å². The molecule has 0 radical (unpaired) electrons. The number of methoxy groups -OCH3 is 1. The van der Waals surface area contributed by atoms with Crippen LogP contribution in [0.5, 0.6) is 0 Å². The highest BCUT2D eigenvalue weighted by Crippen LogP contribution is 2.24. The molecule has 72 valence electrons. The molecule has 0 saturated heterocycles. The molecule has 1 aliphatic carbocycles. The fourth-order valence-electron chi connectivity index (χ4n) is 1.70. The third-order valence-electron chi connectivity index (χ3n) is 2.41. The summed E-state index contributed by atoms with van der Waals surface area (Å²) in [7, 11) is 1.72. The molecule has 0 aromatic heterocycles. The molecule has 0 aliphatic heterocycles. The quantitative estimate of drug-likeness (QED) is 0.607. The summed E-state index contributed by atoms with van der Waals surface area (Å²) in [6.45, 7) is 4.26. The van der Waals surface area contributed by atoms with Crippen molar-refractivity contribution < 1.29 is 9.47 Å². The zero-order valence-corrected chi connectivity index (χ0v) is 8.38. The van der Waals surface area contributed by atoms with Crippen LogP contribution in [0.15, 0.2) is 0 Å². The summed E-state index contributed by atoms with van der Waals surface area (Å²) < 4.78 is 11.1. The first kappa shape index (κ1) is 10.0. The summed E-state index contributed by atoms with van der Waals surface area (Å²) in [5.74, 6) is 0.454. The van der Waals surface area contributed by atoms with Crippen molar-refractivity contribution in [3.63, 3.8) is 0 Å². The third-order valence-corrected chi connectivity index (χ3v) is 2.41. The van der Waals surface area contributed by atoms with E-state index in [2.05, 4.69) is 13.8 Å². The van der Waals surface area contributed by atoms with E-state index in [4.69, 9.17) is 9.47 Å². The maximum absolute atomic E-state index is 5.80. The first-order valence-corrected chi connectivity index (χ1v) is 4.92. The van der Waals surface area contributed by atoms with Gasteiger partial charge in [-0.2, -0.15) is 0 Å². The van der Waals surface area contributed by atoms with Gasteiger partial charge in [0, 0.05) is 13.0 Å². The molecule has 0 aromatic rings. The normalized spacial score (nSPS) is 22.0. The second-order valence-corrected chi connectivity index (χ2v) is 3.89. The van der Waals surface area contributed by atoms with Crippen LogP contribution < -0.4 is 0 Å². The van der Waals surface area contributed by atoms with Crippen molar-refractivity contribution in [1.82, 2.24) is 0 Å². The van der Waals surface area contributed by atoms with Crippen molar-refractivity contribution in [2.45, 2.75) is 51.9 Å². The number of hydrogen-bond acceptors (Lipinski definition) is 2. The van der Waals surface area contributed by atoms with Crippen molar-refractivity contribution in [1.29, 1.82) is 0 Å². The van der Waals surface area contributed by atoms with Gasteiger partial charge in [0.05, 0.1) is 6.10 Å². The van der Waals surface area contributed by atoms with E-state index in [1.54, 1.807) is 7.11 Å². The average molecular weight is 172 g/mol. The van der Waals surface area contributed by atoms with Crippen LogP contribution in [0, 0.1) is 5.92 Å². The van der Waals surface area contributed by atoms with Gasteiger partial charge in [-0.25, -0.2) is 0 Å². The molecule has 0 aromatic carbocycles. The molecule has 0 bridgehead atoms. The highest BCUT2D eigenvalue weighted by Gasteiger charge is 2.21. The molecule has 0 heterocycles. The molecule has 12 heavy (non-hydrogen) atoms. The van der Waals surface area contributed by atoms with Crippen molar-refractivity contribution in [3.05, 3.63) is 0 Å². The van der Waals surface area contributed by atoms with Crippen LogP contribution in [0.1, 0.15) is 39.5 Å². The highest BCUT2D eigenvalue weighted by molar-refractivity contribution is 4.68. The molecule has 2 nitrogen and oxygen atoms in total. The minimum atomic E-state index is -0.00639. The van der Waals surface area contributed by atoms with Gasteiger partial charge in [-0.15, -0.1) is 0 Å². The molecular formula is C10H20O2. The van der Waals surface area contributed by atoms with E-state index in [9.17, 15) is 0 Å². The fourth-order valence-corrected chi connectivity index (χ4v) is 1.70. The second kappa shape index (κ2) is 4.83. The lowest BCUT2D eigenvalue weighted by atomic mass is 10.2. The van der Waals surface area contributed by atoms with Gasteiger partial charge >= 0.3 is 0 Å². The molecule has 1 saturated carbocycles. The first-order valence-electron chi connectivity index (χ1n) is 4.92. The Hall–Kier alpha value is -0.0800. The molecule has 1 rings (SSSR count). The Morgan fingerprint density at radius 1 is 1.17 bits per heavy atom. The van der Waals surface area contributed by atoms with Crippen LogP contribution in [0.2, 0.25) is 0 Å². The lowest BCUT2D eigenvalue weighted by molar-refractivity contribution is -0.175. The molecule has 1 unspecified atom stereocenters. The van der Waals surface area contributed by atoms with E-state index >= 15 is 0 Å². The predicted octanol–water partition coefficient (Wildman–Crippen LogP) is 2.57. The van der Waals surface area contributed by atoms with Gasteiger partial charge in [0.15, 0.2) is 6.29 Å². The Bertz CT molecular complexity index is 117. The molecule has 0 spiro atoms.